The first kappa shape index (κ1) is 31.1. The van der Waals surface area contributed by atoms with Crippen LogP contribution in [0.1, 0.15) is 168 Å². The summed E-state index contributed by atoms with van der Waals surface area (Å²) in [6.07, 6.45) is 39.6. The highest BCUT2D eigenvalue weighted by Gasteiger charge is 2.01. The summed E-state index contributed by atoms with van der Waals surface area (Å²) in [4.78, 5) is 12.0. The van der Waals surface area contributed by atoms with Gasteiger partial charge in [0.25, 0.3) is 0 Å². The molecule has 0 radical (unpaired) electrons. The topological polar surface area (TPSA) is 17.1 Å². The number of carbonyl (C=O) groups excluding carboxylic acids is 1. The van der Waals surface area contributed by atoms with Crippen LogP contribution in [0.15, 0.2) is 24.3 Å². The highest BCUT2D eigenvalue weighted by molar-refractivity contribution is 5.78. The van der Waals surface area contributed by atoms with Gasteiger partial charge in [-0.3, -0.25) is 4.79 Å². The average Bonchev–Trinajstić information content (AvgIpc) is 2.80. The monoisotopic (exact) mass is 446 g/mol. The Morgan fingerprint density at radius 2 is 0.688 bits per heavy atom. The van der Waals surface area contributed by atoms with Gasteiger partial charge in [-0.05, 0) is 64.2 Å². The molecule has 0 aliphatic heterocycles. The smallest absolute Gasteiger partial charge is 0.132 e. The molecule has 0 aromatic carbocycles. The molecule has 0 N–H and O–H groups in total. The zero-order valence-corrected chi connectivity index (χ0v) is 22.2. The number of hydrogen-bond donors (Lipinski definition) is 0. The molecular formula is C31H58O. The van der Waals surface area contributed by atoms with E-state index in [9.17, 15) is 4.79 Å². The van der Waals surface area contributed by atoms with E-state index in [0.29, 0.717) is 5.78 Å². The molecule has 1 nitrogen and oxygen atoms in total. The highest BCUT2D eigenvalue weighted by atomic mass is 16.1. The van der Waals surface area contributed by atoms with E-state index >= 15 is 0 Å². The molecule has 0 aromatic heterocycles. The molecule has 0 rings (SSSR count). The molecule has 0 fully saturated rings. The molecule has 0 aromatic rings. The van der Waals surface area contributed by atoms with Gasteiger partial charge in [0.2, 0.25) is 0 Å². The van der Waals surface area contributed by atoms with Crippen LogP contribution in [0.5, 0.6) is 0 Å². The Labute approximate surface area is 202 Å². The van der Waals surface area contributed by atoms with Crippen LogP contribution in [-0.2, 0) is 4.79 Å². The number of hydrogen-bond acceptors (Lipinski definition) is 1. The van der Waals surface area contributed by atoms with Crippen LogP contribution >= 0.6 is 0 Å². The van der Waals surface area contributed by atoms with E-state index in [4.69, 9.17) is 0 Å². The largest absolute Gasteiger partial charge is 0.300 e. The van der Waals surface area contributed by atoms with Crippen LogP contribution < -0.4 is 0 Å². The van der Waals surface area contributed by atoms with E-state index in [-0.39, 0.29) is 0 Å². The standard InChI is InChI=1S/C31H58O/c1-3-5-7-9-11-13-15-17-19-21-23-25-27-29-31(32)30-28-26-24-22-20-18-16-14-12-10-8-6-4-2/h13-16H,3-12,17-30H2,1-2H3/b15-13+,16-14+. The summed E-state index contributed by atoms with van der Waals surface area (Å²) in [5.41, 5.74) is 0. The molecule has 0 atom stereocenters. The molecule has 32 heavy (non-hydrogen) atoms. The van der Waals surface area contributed by atoms with E-state index in [1.165, 1.54) is 128 Å². The summed E-state index contributed by atoms with van der Waals surface area (Å²) < 4.78 is 0. The quantitative estimate of drug-likeness (QED) is 0.0953. The molecule has 0 aliphatic rings. The van der Waals surface area contributed by atoms with Gasteiger partial charge in [0.1, 0.15) is 5.78 Å². The van der Waals surface area contributed by atoms with Crippen molar-refractivity contribution in [2.75, 3.05) is 0 Å². The first-order valence-electron chi connectivity index (χ1n) is 14.6. The predicted molar refractivity (Wildman–Crippen MR) is 145 cm³/mol. The minimum atomic E-state index is 0.502. The summed E-state index contributed by atoms with van der Waals surface area (Å²) in [5, 5.41) is 0. The van der Waals surface area contributed by atoms with Gasteiger partial charge in [0.15, 0.2) is 0 Å². The van der Waals surface area contributed by atoms with Crippen molar-refractivity contribution in [1.82, 2.24) is 0 Å². The minimum absolute atomic E-state index is 0.502. The Hall–Kier alpha value is -0.850. The van der Waals surface area contributed by atoms with E-state index < -0.39 is 0 Å². The summed E-state index contributed by atoms with van der Waals surface area (Å²) in [6, 6.07) is 0. The highest BCUT2D eigenvalue weighted by Crippen LogP contribution is 2.12. The Morgan fingerprint density at radius 3 is 1.03 bits per heavy atom. The van der Waals surface area contributed by atoms with E-state index in [1.54, 1.807) is 0 Å². The van der Waals surface area contributed by atoms with Crippen molar-refractivity contribution in [3.05, 3.63) is 24.3 Å². The van der Waals surface area contributed by atoms with E-state index in [2.05, 4.69) is 38.2 Å². The molecule has 0 aliphatic carbocycles. The average molecular weight is 447 g/mol. The third kappa shape index (κ3) is 27.2. The van der Waals surface area contributed by atoms with E-state index in [0.717, 1.165) is 25.7 Å². The van der Waals surface area contributed by atoms with Crippen LogP contribution in [0, 0.1) is 0 Å². The first-order valence-corrected chi connectivity index (χ1v) is 14.6. The lowest BCUT2D eigenvalue weighted by atomic mass is 10.0. The van der Waals surface area contributed by atoms with Crippen LogP contribution in [0.25, 0.3) is 0 Å². The fraction of sp³-hybridized carbons (Fsp3) is 0.839. The second kappa shape index (κ2) is 28.2. The molecule has 1 heteroatoms. The second-order valence-electron chi connectivity index (χ2n) is 9.79. The van der Waals surface area contributed by atoms with Gasteiger partial charge in [-0.1, -0.05) is 115 Å². The van der Waals surface area contributed by atoms with Crippen LogP contribution in [-0.4, -0.2) is 5.78 Å². The SMILES string of the molecule is CCCCCC/C=C/CCCCCCCC(=O)CCCCCCC/C=C/CCCCCC. The Bertz CT molecular complexity index is 382. The van der Waals surface area contributed by atoms with Crippen molar-refractivity contribution in [3.8, 4) is 0 Å². The fourth-order valence-electron chi connectivity index (χ4n) is 4.20. The summed E-state index contributed by atoms with van der Waals surface area (Å²) in [7, 11) is 0. The lowest BCUT2D eigenvalue weighted by Gasteiger charge is -2.02. The van der Waals surface area contributed by atoms with Crippen LogP contribution in [0.4, 0.5) is 0 Å². The Balaban J connectivity index is 3.24. The second-order valence-corrected chi connectivity index (χ2v) is 9.79. The number of unbranched alkanes of at least 4 members (excludes halogenated alkanes) is 18. The van der Waals surface area contributed by atoms with Crippen molar-refractivity contribution in [1.29, 1.82) is 0 Å². The molecule has 0 bridgehead atoms. The minimum Gasteiger partial charge on any atom is -0.300 e. The zero-order valence-electron chi connectivity index (χ0n) is 22.2. The van der Waals surface area contributed by atoms with Gasteiger partial charge in [-0.25, -0.2) is 0 Å². The lowest BCUT2D eigenvalue weighted by molar-refractivity contribution is -0.119. The maximum atomic E-state index is 12.0. The van der Waals surface area contributed by atoms with Gasteiger partial charge < -0.3 is 0 Å². The Morgan fingerprint density at radius 1 is 0.406 bits per heavy atom. The van der Waals surface area contributed by atoms with Gasteiger partial charge in [0, 0.05) is 12.8 Å². The van der Waals surface area contributed by atoms with Gasteiger partial charge >= 0.3 is 0 Å². The van der Waals surface area contributed by atoms with Crippen molar-refractivity contribution in [3.63, 3.8) is 0 Å². The molecule has 0 amide bonds. The number of rotatable bonds is 26. The molecule has 0 saturated heterocycles. The maximum absolute atomic E-state index is 12.0. The van der Waals surface area contributed by atoms with Gasteiger partial charge in [-0.15, -0.1) is 0 Å². The van der Waals surface area contributed by atoms with Crippen LogP contribution in [0.3, 0.4) is 0 Å². The van der Waals surface area contributed by atoms with E-state index in [1.807, 2.05) is 0 Å². The number of ketones is 1. The summed E-state index contributed by atoms with van der Waals surface area (Å²) in [5.74, 6) is 0.502. The molecule has 0 saturated carbocycles. The van der Waals surface area contributed by atoms with Gasteiger partial charge in [-0.2, -0.15) is 0 Å². The van der Waals surface area contributed by atoms with Crippen molar-refractivity contribution >= 4 is 5.78 Å². The third-order valence-electron chi connectivity index (χ3n) is 6.43. The van der Waals surface area contributed by atoms with Gasteiger partial charge in [0.05, 0.1) is 0 Å². The third-order valence-corrected chi connectivity index (χ3v) is 6.43. The van der Waals surface area contributed by atoms with Crippen molar-refractivity contribution < 1.29 is 4.79 Å². The zero-order chi connectivity index (χ0) is 23.4. The predicted octanol–water partition coefficient (Wildman–Crippen LogP) is 11.1. The fourth-order valence-corrected chi connectivity index (χ4v) is 4.20. The summed E-state index contributed by atoms with van der Waals surface area (Å²) >= 11 is 0. The van der Waals surface area contributed by atoms with Crippen molar-refractivity contribution in [2.45, 2.75) is 168 Å². The molecule has 0 unspecified atom stereocenters. The molecule has 0 heterocycles. The normalized spacial score (nSPS) is 11.8. The Kier molecular flexibility index (Phi) is 27.4. The molecular weight excluding hydrogens is 388 g/mol. The first-order chi connectivity index (χ1) is 15.8. The number of carbonyl (C=O) groups is 1. The summed E-state index contributed by atoms with van der Waals surface area (Å²) in [6.45, 7) is 4.54. The van der Waals surface area contributed by atoms with Crippen LogP contribution in [0.2, 0.25) is 0 Å². The molecule has 0 spiro atoms. The number of allylic oxidation sites excluding steroid dienone is 4. The number of Topliss-reactive ketones (excluding diaryl/α,β-unsaturated/α-hetero) is 1. The lowest BCUT2D eigenvalue weighted by Crippen LogP contribution is -1.97. The van der Waals surface area contributed by atoms with Crippen molar-refractivity contribution in [2.24, 2.45) is 0 Å². The maximum Gasteiger partial charge on any atom is 0.132 e. The molecule has 188 valence electrons.